The highest BCUT2D eigenvalue weighted by Gasteiger charge is 2.18. The van der Waals surface area contributed by atoms with E-state index in [0.29, 0.717) is 17.7 Å². The molecule has 1 unspecified atom stereocenters. The molecule has 0 aliphatic carbocycles. The highest BCUT2D eigenvalue weighted by atomic mass is 19.1. The highest BCUT2D eigenvalue weighted by Crippen LogP contribution is 2.20. The van der Waals surface area contributed by atoms with Crippen molar-refractivity contribution in [1.82, 2.24) is 15.1 Å². The van der Waals surface area contributed by atoms with Crippen molar-refractivity contribution in [3.63, 3.8) is 0 Å². The Morgan fingerprint density at radius 3 is 2.87 bits per heavy atom. The number of carbonyl (C=O) groups is 1. The van der Waals surface area contributed by atoms with Crippen LogP contribution in [0.3, 0.4) is 0 Å². The van der Waals surface area contributed by atoms with Crippen LogP contribution < -0.4 is 5.32 Å². The van der Waals surface area contributed by atoms with Crippen molar-refractivity contribution in [2.45, 2.75) is 32.8 Å². The van der Waals surface area contributed by atoms with E-state index in [9.17, 15) is 19.4 Å². The summed E-state index contributed by atoms with van der Waals surface area (Å²) in [6.07, 6.45) is 2.04. The van der Waals surface area contributed by atoms with Gasteiger partial charge in [0.05, 0.1) is 18.0 Å². The fraction of sp³-hybridized carbons (Fsp3) is 0.375. The van der Waals surface area contributed by atoms with Gasteiger partial charge in [-0.2, -0.15) is 5.10 Å². The quantitative estimate of drug-likeness (QED) is 0.758. The third kappa shape index (κ3) is 4.07. The van der Waals surface area contributed by atoms with Crippen molar-refractivity contribution in [2.24, 2.45) is 0 Å². The normalized spacial score (nSPS) is 12.2. The van der Waals surface area contributed by atoms with Crippen LogP contribution in [0.25, 0.3) is 5.69 Å². The molecule has 1 amide bonds. The summed E-state index contributed by atoms with van der Waals surface area (Å²) in [6.45, 7) is 3.73. The maximum atomic E-state index is 13.1. The second kappa shape index (κ2) is 7.23. The number of hydrogen-bond acceptors (Lipinski definition) is 4. The fourth-order valence-corrected chi connectivity index (χ4v) is 2.26. The van der Waals surface area contributed by atoms with E-state index in [1.807, 2.05) is 6.92 Å². The van der Waals surface area contributed by atoms with Crippen LogP contribution in [-0.2, 0) is 0 Å². The Labute approximate surface area is 133 Å². The first kappa shape index (κ1) is 17.0. The number of rotatable bonds is 6. The molecule has 2 rings (SSSR count). The van der Waals surface area contributed by atoms with Crippen LogP contribution in [0.2, 0.25) is 0 Å². The Hall–Kier alpha value is -2.41. The molecule has 1 atom stereocenters. The molecule has 2 aromatic rings. The Kier molecular flexibility index (Phi) is 5.33. The maximum absolute atomic E-state index is 13.1. The summed E-state index contributed by atoms with van der Waals surface area (Å²) in [5.74, 6) is -1.22. The second-order valence-corrected chi connectivity index (χ2v) is 5.39. The maximum Gasteiger partial charge on any atom is 0.275 e. The fourth-order valence-electron chi connectivity index (χ4n) is 2.26. The average Bonchev–Trinajstić information content (AvgIpc) is 2.87. The minimum atomic E-state index is -0.632. The van der Waals surface area contributed by atoms with Crippen molar-refractivity contribution in [3.8, 4) is 11.4 Å². The van der Waals surface area contributed by atoms with E-state index in [1.54, 1.807) is 6.92 Å². The number of aromatic nitrogens is 2. The third-order valence-corrected chi connectivity index (χ3v) is 3.44. The molecule has 6 nitrogen and oxygen atoms in total. The summed E-state index contributed by atoms with van der Waals surface area (Å²) in [5, 5.41) is 26.1. The lowest BCUT2D eigenvalue weighted by Crippen LogP contribution is -2.32. The van der Waals surface area contributed by atoms with Crippen LogP contribution in [0.15, 0.2) is 24.4 Å². The Bertz CT molecular complexity index is 700. The lowest BCUT2D eigenvalue weighted by Gasteiger charge is -2.09. The number of aliphatic hydroxyl groups is 1. The summed E-state index contributed by atoms with van der Waals surface area (Å²) in [6, 6.07) is 4.14. The first-order valence-corrected chi connectivity index (χ1v) is 7.43. The van der Waals surface area contributed by atoms with Crippen LogP contribution in [0.4, 0.5) is 4.39 Å². The average molecular weight is 321 g/mol. The molecule has 0 aliphatic heterocycles. The van der Waals surface area contributed by atoms with Crippen LogP contribution in [0.5, 0.6) is 5.75 Å². The molecule has 1 aromatic carbocycles. The topological polar surface area (TPSA) is 87.4 Å². The van der Waals surface area contributed by atoms with Crippen molar-refractivity contribution in [3.05, 3.63) is 41.5 Å². The van der Waals surface area contributed by atoms with E-state index in [2.05, 4.69) is 10.4 Å². The number of halogens is 1. The van der Waals surface area contributed by atoms with E-state index in [0.717, 1.165) is 6.42 Å². The van der Waals surface area contributed by atoms with Gasteiger partial charge in [0.1, 0.15) is 5.82 Å². The molecular weight excluding hydrogens is 301 g/mol. The van der Waals surface area contributed by atoms with Gasteiger partial charge < -0.3 is 15.5 Å². The van der Waals surface area contributed by atoms with Gasteiger partial charge >= 0.3 is 0 Å². The number of nitrogens with zero attached hydrogens (tertiary/aromatic N) is 2. The molecule has 23 heavy (non-hydrogen) atoms. The molecule has 3 N–H and O–H groups in total. The van der Waals surface area contributed by atoms with Gasteiger partial charge in [-0.3, -0.25) is 4.79 Å². The Balaban J connectivity index is 2.16. The van der Waals surface area contributed by atoms with Gasteiger partial charge in [-0.05, 0) is 37.1 Å². The predicted molar refractivity (Wildman–Crippen MR) is 83.2 cm³/mol. The van der Waals surface area contributed by atoms with E-state index < -0.39 is 12.0 Å². The molecule has 1 heterocycles. The molecule has 0 saturated heterocycles. The first-order chi connectivity index (χ1) is 10.9. The number of hydrogen-bond donors (Lipinski definition) is 3. The van der Waals surface area contributed by atoms with Crippen LogP contribution in [0.1, 0.15) is 35.8 Å². The smallest absolute Gasteiger partial charge is 0.275 e. The van der Waals surface area contributed by atoms with Crippen LogP contribution in [-0.4, -0.2) is 38.5 Å². The summed E-state index contributed by atoms with van der Waals surface area (Å²) in [5.41, 5.74) is 1.04. The zero-order valence-corrected chi connectivity index (χ0v) is 13.1. The van der Waals surface area contributed by atoms with Gasteiger partial charge in [0.2, 0.25) is 0 Å². The molecule has 0 saturated carbocycles. The highest BCUT2D eigenvalue weighted by molar-refractivity contribution is 5.94. The molecule has 7 heteroatoms. The summed E-state index contributed by atoms with van der Waals surface area (Å²) >= 11 is 0. The van der Waals surface area contributed by atoms with Gasteiger partial charge in [0, 0.05) is 6.54 Å². The second-order valence-electron chi connectivity index (χ2n) is 5.39. The number of aromatic hydroxyl groups is 1. The molecule has 0 spiro atoms. The molecular formula is C16H20FN3O3. The van der Waals surface area contributed by atoms with Gasteiger partial charge in [-0.15, -0.1) is 0 Å². The number of carbonyl (C=O) groups excluding carboxylic acids is 1. The summed E-state index contributed by atoms with van der Waals surface area (Å²) in [7, 11) is 0. The minimum absolute atomic E-state index is 0.0918. The van der Waals surface area contributed by atoms with Gasteiger partial charge in [-0.1, -0.05) is 13.3 Å². The molecule has 124 valence electrons. The first-order valence-electron chi connectivity index (χ1n) is 7.43. The van der Waals surface area contributed by atoms with Crippen molar-refractivity contribution < 1.29 is 19.4 Å². The standard InChI is InChI=1S/C16H20FN3O3/c1-3-4-12(21)8-18-16(23)15-14(22)9-20(19-15)13-6-5-11(17)7-10(13)2/h5-7,9,12,21-22H,3-4,8H2,1-2H3,(H,18,23). The van der Waals surface area contributed by atoms with Gasteiger partial charge in [0.15, 0.2) is 11.4 Å². The molecule has 0 aliphatic rings. The van der Waals surface area contributed by atoms with E-state index in [-0.39, 0.29) is 23.8 Å². The third-order valence-electron chi connectivity index (χ3n) is 3.44. The van der Waals surface area contributed by atoms with E-state index in [4.69, 9.17) is 0 Å². The number of nitrogens with one attached hydrogen (secondary N) is 1. The lowest BCUT2D eigenvalue weighted by molar-refractivity contribution is 0.0902. The molecule has 0 fully saturated rings. The number of aryl methyl sites for hydroxylation is 1. The zero-order valence-electron chi connectivity index (χ0n) is 13.1. The van der Waals surface area contributed by atoms with Crippen molar-refractivity contribution >= 4 is 5.91 Å². The Morgan fingerprint density at radius 1 is 1.48 bits per heavy atom. The predicted octanol–water partition coefficient (Wildman–Crippen LogP) is 1.92. The number of benzene rings is 1. The van der Waals surface area contributed by atoms with E-state index in [1.165, 1.54) is 29.1 Å². The largest absolute Gasteiger partial charge is 0.504 e. The van der Waals surface area contributed by atoms with Gasteiger partial charge in [-0.25, -0.2) is 9.07 Å². The summed E-state index contributed by atoms with van der Waals surface area (Å²) < 4.78 is 14.5. The molecule has 0 bridgehead atoms. The lowest BCUT2D eigenvalue weighted by atomic mass is 10.2. The SMILES string of the molecule is CCCC(O)CNC(=O)c1nn(-c2ccc(F)cc2C)cc1O. The number of amides is 1. The minimum Gasteiger partial charge on any atom is -0.504 e. The van der Waals surface area contributed by atoms with Crippen LogP contribution >= 0.6 is 0 Å². The Morgan fingerprint density at radius 2 is 2.22 bits per heavy atom. The van der Waals surface area contributed by atoms with Crippen LogP contribution in [0, 0.1) is 12.7 Å². The summed E-state index contributed by atoms with van der Waals surface area (Å²) in [4.78, 5) is 12.0. The van der Waals surface area contributed by atoms with E-state index >= 15 is 0 Å². The molecule has 0 radical (unpaired) electrons. The molecule has 1 aromatic heterocycles. The zero-order chi connectivity index (χ0) is 17.0. The number of aliphatic hydroxyl groups excluding tert-OH is 1. The van der Waals surface area contributed by atoms with Gasteiger partial charge in [0.25, 0.3) is 5.91 Å². The van der Waals surface area contributed by atoms with Crippen molar-refractivity contribution in [1.29, 1.82) is 0 Å². The van der Waals surface area contributed by atoms with Crippen molar-refractivity contribution in [2.75, 3.05) is 6.54 Å². The monoisotopic (exact) mass is 321 g/mol.